The predicted molar refractivity (Wildman–Crippen MR) is 163 cm³/mol. The SMILES string of the molecule is C=C(F)C(=O)Nc1ccc(-c2c(-c3cnc(C(=O)NCC(F)(F)F)c(OC)c3)c3c(N)ncc(C#CCN(C)C)c3n2C)cc1. The zero-order valence-corrected chi connectivity index (χ0v) is 24.8. The second-order valence-electron chi connectivity index (χ2n) is 10.1. The molecule has 0 fully saturated rings. The standard InChI is InChI=1S/C31H29F4N7O3/c1-17(32)29(43)40-21-10-8-18(9-11-21)26-23(20-13-22(45-5)25(37-15-20)30(44)39-16-31(33,34)35)24-27(42(26)4)19(14-38-28(24)36)7-6-12-41(2)3/h8-11,13-15H,1,12,16H2,2-5H3,(H2,36,38)(H,39,44)(H,40,43). The number of nitrogen functional groups attached to an aromatic ring is 1. The van der Waals surface area contributed by atoms with Crippen molar-refractivity contribution < 1.29 is 31.9 Å². The van der Waals surface area contributed by atoms with Crippen LogP contribution in [0.2, 0.25) is 0 Å². The van der Waals surface area contributed by atoms with Crippen molar-refractivity contribution in [2.24, 2.45) is 7.05 Å². The second kappa shape index (κ2) is 13.1. The maximum Gasteiger partial charge on any atom is 0.405 e. The van der Waals surface area contributed by atoms with Crippen molar-refractivity contribution >= 4 is 34.2 Å². The molecule has 0 atom stereocenters. The first-order valence-corrected chi connectivity index (χ1v) is 13.3. The number of halogens is 4. The third-order valence-corrected chi connectivity index (χ3v) is 6.55. The lowest BCUT2D eigenvalue weighted by molar-refractivity contribution is -0.123. The largest absolute Gasteiger partial charge is 0.494 e. The lowest BCUT2D eigenvalue weighted by Gasteiger charge is -2.13. The average molecular weight is 624 g/mol. The van der Waals surface area contributed by atoms with Gasteiger partial charge in [-0.05, 0) is 37.9 Å². The molecule has 4 aromatic rings. The van der Waals surface area contributed by atoms with E-state index in [4.69, 9.17) is 10.5 Å². The van der Waals surface area contributed by atoms with Gasteiger partial charge in [0.25, 0.3) is 11.8 Å². The van der Waals surface area contributed by atoms with Crippen LogP contribution in [0.25, 0.3) is 33.3 Å². The summed E-state index contributed by atoms with van der Waals surface area (Å²) in [5, 5.41) is 4.71. The van der Waals surface area contributed by atoms with Crippen molar-refractivity contribution in [2.75, 3.05) is 45.3 Å². The van der Waals surface area contributed by atoms with E-state index in [0.29, 0.717) is 51.1 Å². The average Bonchev–Trinajstić information content (AvgIpc) is 3.30. The molecule has 2 amide bonds. The van der Waals surface area contributed by atoms with E-state index in [9.17, 15) is 27.2 Å². The van der Waals surface area contributed by atoms with E-state index in [2.05, 4.69) is 33.7 Å². The van der Waals surface area contributed by atoms with Crippen molar-refractivity contribution in [3.8, 4) is 40.0 Å². The van der Waals surface area contributed by atoms with Gasteiger partial charge in [-0.1, -0.05) is 30.6 Å². The second-order valence-corrected chi connectivity index (χ2v) is 10.1. The van der Waals surface area contributed by atoms with Crippen molar-refractivity contribution in [2.45, 2.75) is 6.18 Å². The van der Waals surface area contributed by atoms with Crippen LogP contribution < -0.4 is 21.1 Å². The number of anilines is 2. The van der Waals surface area contributed by atoms with E-state index >= 15 is 0 Å². The van der Waals surface area contributed by atoms with E-state index in [1.807, 2.05) is 23.6 Å². The molecule has 1 aromatic carbocycles. The number of hydrogen-bond acceptors (Lipinski definition) is 7. The van der Waals surface area contributed by atoms with Gasteiger partial charge < -0.3 is 25.7 Å². The third-order valence-electron chi connectivity index (χ3n) is 6.55. The van der Waals surface area contributed by atoms with Crippen LogP contribution in [0.1, 0.15) is 16.1 Å². The summed E-state index contributed by atoms with van der Waals surface area (Å²) >= 11 is 0. The number of nitrogens with one attached hydrogen (secondary N) is 2. The topological polar surface area (TPSA) is 127 Å². The number of benzene rings is 1. The molecular weight excluding hydrogens is 594 g/mol. The van der Waals surface area contributed by atoms with Crippen LogP contribution in [0.4, 0.5) is 29.1 Å². The highest BCUT2D eigenvalue weighted by Crippen LogP contribution is 2.44. The Bertz CT molecular complexity index is 1850. The molecule has 0 saturated heterocycles. The molecular formula is C31H29F4N7O3. The number of aromatic nitrogens is 3. The highest BCUT2D eigenvalue weighted by molar-refractivity contribution is 6.11. The van der Waals surface area contributed by atoms with Crippen LogP contribution in [0.5, 0.6) is 5.75 Å². The van der Waals surface area contributed by atoms with Crippen LogP contribution in [0, 0.1) is 11.8 Å². The first kappa shape index (κ1) is 32.5. The molecule has 0 radical (unpaired) electrons. The highest BCUT2D eigenvalue weighted by atomic mass is 19.4. The summed E-state index contributed by atoms with van der Waals surface area (Å²) in [5.74, 6) is 3.13. The summed E-state index contributed by atoms with van der Waals surface area (Å²) in [4.78, 5) is 34.8. The summed E-state index contributed by atoms with van der Waals surface area (Å²) in [6.45, 7) is 1.93. The number of fused-ring (bicyclic) bond motifs is 1. The zero-order chi connectivity index (χ0) is 33.1. The quantitative estimate of drug-likeness (QED) is 0.150. The molecule has 0 bridgehead atoms. The molecule has 4 rings (SSSR count). The van der Waals surface area contributed by atoms with Gasteiger partial charge in [-0.3, -0.25) is 14.5 Å². The number of alkyl halides is 3. The molecule has 3 aromatic heterocycles. The number of carbonyl (C=O) groups is 2. The number of aryl methyl sites for hydroxylation is 1. The lowest BCUT2D eigenvalue weighted by atomic mass is 9.98. The Labute approximate surface area is 255 Å². The number of nitrogens with zero attached hydrogens (tertiary/aromatic N) is 4. The Morgan fingerprint density at radius 1 is 1.13 bits per heavy atom. The number of rotatable bonds is 8. The molecule has 3 heterocycles. The molecule has 0 aliphatic rings. The van der Waals surface area contributed by atoms with E-state index in [1.165, 1.54) is 19.4 Å². The van der Waals surface area contributed by atoms with Crippen LogP contribution >= 0.6 is 0 Å². The van der Waals surface area contributed by atoms with Crippen molar-refractivity contribution in [3.05, 3.63) is 66.4 Å². The van der Waals surface area contributed by atoms with Crippen molar-refractivity contribution in [1.29, 1.82) is 0 Å². The number of nitrogens with two attached hydrogens (primary N) is 1. The molecule has 14 heteroatoms. The normalized spacial score (nSPS) is 11.2. The van der Waals surface area contributed by atoms with Crippen molar-refractivity contribution in [1.82, 2.24) is 24.8 Å². The maximum atomic E-state index is 13.2. The predicted octanol–water partition coefficient (Wildman–Crippen LogP) is 4.52. The number of amides is 2. The number of methoxy groups -OCH3 is 1. The fraction of sp³-hybridized carbons (Fsp3) is 0.226. The van der Waals surface area contributed by atoms with Crippen LogP contribution in [0.15, 0.2) is 55.1 Å². The van der Waals surface area contributed by atoms with Gasteiger partial charge in [0.05, 0.1) is 35.8 Å². The number of carbonyl (C=O) groups excluding carboxylic acids is 2. The van der Waals surface area contributed by atoms with E-state index in [-0.39, 0.29) is 17.3 Å². The van der Waals surface area contributed by atoms with E-state index < -0.39 is 30.4 Å². The highest BCUT2D eigenvalue weighted by Gasteiger charge is 2.29. The fourth-order valence-corrected chi connectivity index (χ4v) is 4.59. The fourth-order valence-electron chi connectivity index (χ4n) is 4.59. The molecule has 234 valence electrons. The van der Waals surface area contributed by atoms with Gasteiger partial charge in [-0.25, -0.2) is 14.4 Å². The Hall–Kier alpha value is -5.42. The minimum absolute atomic E-state index is 0.0758. The molecule has 0 aliphatic carbocycles. The summed E-state index contributed by atoms with van der Waals surface area (Å²) in [5.41, 5.74) is 9.80. The zero-order valence-electron chi connectivity index (χ0n) is 24.8. The summed E-state index contributed by atoms with van der Waals surface area (Å²) < 4.78 is 58.6. The van der Waals surface area contributed by atoms with Gasteiger partial charge in [0, 0.05) is 36.3 Å². The number of ether oxygens (including phenoxy) is 1. The van der Waals surface area contributed by atoms with Crippen LogP contribution in [0.3, 0.4) is 0 Å². The Morgan fingerprint density at radius 2 is 1.82 bits per heavy atom. The molecule has 45 heavy (non-hydrogen) atoms. The Morgan fingerprint density at radius 3 is 2.42 bits per heavy atom. The van der Waals surface area contributed by atoms with Gasteiger partial charge in [-0.2, -0.15) is 13.2 Å². The molecule has 4 N–H and O–H groups in total. The van der Waals surface area contributed by atoms with Gasteiger partial charge in [0.15, 0.2) is 17.3 Å². The monoisotopic (exact) mass is 623 g/mol. The minimum atomic E-state index is -4.61. The van der Waals surface area contributed by atoms with Crippen molar-refractivity contribution in [3.63, 3.8) is 0 Å². The summed E-state index contributed by atoms with van der Waals surface area (Å²) in [7, 11) is 6.82. The Kier molecular flexibility index (Phi) is 9.43. The van der Waals surface area contributed by atoms with E-state index in [0.717, 1.165) is 0 Å². The summed E-state index contributed by atoms with van der Waals surface area (Å²) in [6, 6.07) is 8.00. The third kappa shape index (κ3) is 7.22. The molecule has 0 spiro atoms. The molecule has 0 aliphatic heterocycles. The number of hydrogen-bond donors (Lipinski definition) is 3. The van der Waals surface area contributed by atoms with Gasteiger partial charge in [-0.15, -0.1) is 0 Å². The van der Waals surface area contributed by atoms with Crippen LogP contribution in [-0.2, 0) is 11.8 Å². The Balaban J connectivity index is 1.95. The first-order chi connectivity index (χ1) is 21.2. The van der Waals surface area contributed by atoms with Gasteiger partial charge >= 0.3 is 6.18 Å². The van der Waals surface area contributed by atoms with Crippen LogP contribution in [-0.4, -0.2) is 71.7 Å². The molecule has 0 unspecified atom stereocenters. The minimum Gasteiger partial charge on any atom is -0.494 e. The summed E-state index contributed by atoms with van der Waals surface area (Å²) in [6.07, 6.45) is -1.73. The smallest absolute Gasteiger partial charge is 0.405 e. The van der Waals surface area contributed by atoms with Gasteiger partial charge in [0.2, 0.25) is 0 Å². The lowest BCUT2D eigenvalue weighted by Crippen LogP contribution is -2.34. The van der Waals surface area contributed by atoms with E-state index in [1.54, 1.807) is 42.8 Å². The molecule has 10 nitrogen and oxygen atoms in total. The maximum absolute atomic E-state index is 13.2. The number of pyridine rings is 2. The first-order valence-electron chi connectivity index (χ1n) is 13.3. The van der Waals surface area contributed by atoms with Gasteiger partial charge in [0.1, 0.15) is 12.4 Å². The molecule has 0 saturated carbocycles.